The average Bonchev–Trinajstić information content (AvgIpc) is 2.62. The van der Waals surface area contributed by atoms with Crippen molar-refractivity contribution in [2.24, 2.45) is 5.92 Å². The fraction of sp³-hybridized carbons (Fsp3) is 0.727. The van der Waals surface area contributed by atoms with Crippen molar-refractivity contribution in [2.75, 3.05) is 0 Å². The molecule has 2 unspecified atom stereocenters. The second kappa shape index (κ2) is 5.63. The van der Waals surface area contributed by atoms with Crippen LogP contribution in [0.2, 0.25) is 0 Å². The number of carboxylic acids is 1. The molecule has 0 saturated heterocycles. The highest BCUT2D eigenvalue weighted by Crippen LogP contribution is 2.25. The van der Waals surface area contributed by atoms with Crippen LogP contribution < -0.4 is 5.32 Å². The van der Waals surface area contributed by atoms with E-state index in [1.54, 1.807) is 0 Å². The number of amides is 1. The largest absolute Gasteiger partial charge is 0.481 e. The van der Waals surface area contributed by atoms with Crippen molar-refractivity contribution in [1.82, 2.24) is 5.32 Å². The molecule has 0 aromatic carbocycles. The van der Waals surface area contributed by atoms with Crippen LogP contribution in [-0.4, -0.2) is 28.8 Å². The Morgan fingerprint density at radius 2 is 1.94 bits per heavy atom. The molecule has 2 atom stereocenters. The zero-order chi connectivity index (χ0) is 12.1. The van der Waals surface area contributed by atoms with Gasteiger partial charge >= 0.3 is 5.97 Å². The number of rotatable bonds is 5. The summed E-state index contributed by atoms with van der Waals surface area (Å²) in [6.45, 7) is 1.43. The minimum Gasteiger partial charge on any atom is -0.481 e. The third-order valence-electron chi connectivity index (χ3n) is 2.88. The first-order valence-electron chi connectivity index (χ1n) is 5.52. The summed E-state index contributed by atoms with van der Waals surface area (Å²) in [5, 5.41) is 11.6. The third-order valence-corrected chi connectivity index (χ3v) is 2.88. The van der Waals surface area contributed by atoms with Gasteiger partial charge in [-0.3, -0.25) is 9.59 Å². The molecule has 0 aromatic heterocycles. The van der Waals surface area contributed by atoms with Gasteiger partial charge in [-0.05, 0) is 19.8 Å². The topological polar surface area (TPSA) is 83.5 Å². The maximum atomic E-state index is 11.4. The molecule has 5 nitrogen and oxygen atoms in total. The summed E-state index contributed by atoms with van der Waals surface area (Å²) >= 11 is 0. The zero-order valence-electron chi connectivity index (χ0n) is 9.36. The van der Waals surface area contributed by atoms with E-state index in [1.807, 2.05) is 0 Å². The van der Waals surface area contributed by atoms with E-state index >= 15 is 0 Å². The second-order valence-electron chi connectivity index (χ2n) is 4.25. The van der Waals surface area contributed by atoms with Gasteiger partial charge in [0.05, 0.1) is 5.92 Å². The van der Waals surface area contributed by atoms with Crippen molar-refractivity contribution in [1.29, 1.82) is 0 Å². The minimum absolute atomic E-state index is 0.0312. The Morgan fingerprint density at radius 1 is 1.25 bits per heavy atom. The van der Waals surface area contributed by atoms with Crippen molar-refractivity contribution in [3.63, 3.8) is 0 Å². The predicted molar refractivity (Wildman–Crippen MR) is 56.8 cm³/mol. The van der Waals surface area contributed by atoms with E-state index < -0.39 is 11.9 Å². The summed E-state index contributed by atoms with van der Waals surface area (Å²) in [6.07, 6.45) is 2.53. The van der Waals surface area contributed by atoms with Crippen LogP contribution in [0.3, 0.4) is 0 Å². The Bertz CT molecular complexity index is 300. The molecule has 1 amide bonds. The van der Waals surface area contributed by atoms with E-state index in [1.165, 1.54) is 6.92 Å². The average molecular weight is 227 g/mol. The molecule has 0 radical (unpaired) electrons. The molecular formula is C11H17NO4. The van der Waals surface area contributed by atoms with Crippen LogP contribution in [0.25, 0.3) is 0 Å². The number of nitrogens with one attached hydrogen (secondary N) is 1. The number of aliphatic carboxylic acids is 1. The second-order valence-corrected chi connectivity index (χ2v) is 4.25. The van der Waals surface area contributed by atoms with Gasteiger partial charge in [-0.1, -0.05) is 6.42 Å². The van der Waals surface area contributed by atoms with E-state index in [0.717, 1.165) is 6.42 Å². The van der Waals surface area contributed by atoms with Crippen molar-refractivity contribution in [3.05, 3.63) is 0 Å². The third kappa shape index (κ3) is 3.64. The van der Waals surface area contributed by atoms with Gasteiger partial charge in [-0.15, -0.1) is 0 Å². The SMILES string of the molecule is CC(=O)CCC(=O)NC1CCCC1C(=O)O. The van der Waals surface area contributed by atoms with Crippen LogP contribution >= 0.6 is 0 Å². The standard InChI is InChI=1S/C11H17NO4/c1-7(13)5-6-10(14)12-9-4-2-3-8(9)11(15)16/h8-9H,2-6H2,1H3,(H,12,14)(H,15,16). The van der Waals surface area contributed by atoms with Crippen molar-refractivity contribution in [3.8, 4) is 0 Å². The summed E-state index contributed by atoms with van der Waals surface area (Å²) < 4.78 is 0. The molecular weight excluding hydrogens is 210 g/mol. The molecule has 0 aliphatic heterocycles. The molecule has 1 rings (SSSR count). The Morgan fingerprint density at radius 3 is 2.50 bits per heavy atom. The Kier molecular flexibility index (Phi) is 4.46. The molecule has 0 aromatic rings. The first-order chi connectivity index (χ1) is 7.50. The predicted octanol–water partition coefficient (Wildman–Crippen LogP) is 0.725. The highest BCUT2D eigenvalue weighted by atomic mass is 16.4. The number of Topliss-reactive ketones (excluding diaryl/α,β-unsaturated/α-hetero) is 1. The number of carboxylic acid groups (broad SMARTS) is 1. The Hall–Kier alpha value is -1.39. The van der Waals surface area contributed by atoms with E-state index in [9.17, 15) is 14.4 Å². The summed E-state index contributed by atoms with van der Waals surface area (Å²) in [5.41, 5.74) is 0. The highest BCUT2D eigenvalue weighted by Gasteiger charge is 2.33. The smallest absolute Gasteiger partial charge is 0.308 e. The van der Waals surface area contributed by atoms with Gasteiger partial charge in [0, 0.05) is 18.9 Å². The molecule has 1 saturated carbocycles. The summed E-state index contributed by atoms with van der Waals surface area (Å²) in [7, 11) is 0. The monoisotopic (exact) mass is 227 g/mol. The van der Waals surface area contributed by atoms with Gasteiger partial charge in [0.2, 0.25) is 5.91 Å². The number of hydrogen-bond acceptors (Lipinski definition) is 3. The lowest BCUT2D eigenvalue weighted by Crippen LogP contribution is -2.40. The van der Waals surface area contributed by atoms with Gasteiger partial charge in [-0.2, -0.15) is 0 Å². The van der Waals surface area contributed by atoms with Crippen molar-refractivity contribution < 1.29 is 19.5 Å². The van der Waals surface area contributed by atoms with E-state index in [4.69, 9.17) is 5.11 Å². The van der Waals surface area contributed by atoms with Gasteiger partial charge < -0.3 is 15.2 Å². The molecule has 16 heavy (non-hydrogen) atoms. The molecule has 5 heteroatoms. The first-order valence-corrected chi connectivity index (χ1v) is 5.52. The number of ketones is 1. The lowest BCUT2D eigenvalue weighted by molar-refractivity contribution is -0.142. The molecule has 2 N–H and O–H groups in total. The quantitative estimate of drug-likeness (QED) is 0.725. The van der Waals surface area contributed by atoms with Gasteiger partial charge in [0.25, 0.3) is 0 Å². The molecule has 1 fully saturated rings. The molecule has 0 bridgehead atoms. The first kappa shape index (κ1) is 12.7. The van der Waals surface area contributed by atoms with Crippen molar-refractivity contribution in [2.45, 2.75) is 45.1 Å². The van der Waals surface area contributed by atoms with E-state index in [2.05, 4.69) is 5.32 Å². The fourth-order valence-corrected chi connectivity index (χ4v) is 2.00. The zero-order valence-corrected chi connectivity index (χ0v) is 9.36. The molecule has 90 valence electrons. The van der Waals surface area contributed by atoms with Gasteiger partial charge in [-0.25, -0.2) is 0 Å². The summed E-state index contributed by atoms with van der Waals surface area (Å²) in [5.74, 6) is -1.58. The number of carbonyl (C=O) groups is 3. The van der Waals surface area contributed by atoms with Crippen LogP contribution in [0.15, 0.2) is 0 Å². The number of carbonyl (C=O) groups excluding carboxylic acids is 2. The van der Waals surface area contributed by atoms with Crippen molar-refractivity contribution >= 4 is 17.7 Å². The van der Waals surface area contributed by atoms with Crippen LogP contribution in [0.4, 0.5) is 0 Å². The summed E-state index contributed by atoms with van der Waals surface area (Å²) in [4.78, 5) is 33.0. The van der Waals surface area contributed by atoms with Crippen LogP contribution in [0.5, 0.6) is 0 Å². The van der Waals surface area contributed by atoms with E-state index in [0.29, 0.717) is 12.8 Å². The lowest BCUT2D eigenvalue weighted by atomic mass is 10.0. The minimum atomic E-state index is -0.852. The molecule has 0 heterocycles. The fourth-order valence-electron chi connectivity index (χ4n) is 2.00. The van der Waals surface area contributed by atoms with E-state index in [-0.39, 0.29) is 30.6 Å². The van der Waals surface area contributed by atoms with Crippen LogP contribution in [-0.2, 0) is 14.4 Å². The highest BCUT2D eigenvalue weighted by molar-refractivity contribution is 5.84. The normalized spacial score (nSPS) is 24.1. The maximum Gasteiger partial charge on any atom is 0.308 e. The van der Waals surface area contributed by atoms with Gasteiger partial charge in [0.1, 0.15) is 5.78 Å². The lowest BCUT2D eigenvalue weighted by Gasteiger charge is -2.17. The summed E-state index contributed by atoms with van der Waals surface area (Å²) in [6, 6.07) is -0.267. The maximum absolute atomic E-state index is 11.4. The molecule has 0 spiro atoms. The Labute approximate surface area is 94.2 Å². The van der Waals surface area contributed by atoms with Crippen LogP contribution in [0.1, 0.15) is 39.0 Å². The van der Waals surface area contributed by atoms with Crippen LogP contribution in [0, 0.1) is 5.92 Å². The van der Waals surface area contributed by atoms with Gasteiger partial charge in [0.15, 0.2) is 0 Å². The molecule has 1 aliphatic rings. The Balaban J connectivity index is 2.38. The number of hydrogen-bond donors (Lipinski definition) is 2. The molecule has 1 aliphatic carbocycles.